The summed E-state index contributed by atoms with van der Waals surface area (Å²) in [6, 6.07) is 5.64. The summed E-state index contributed by atoms with van der Waals surface area (Å²) < 4.78 is 10.7. The van der Waals surface area contributed by atoms with E-state index in [-0.39, 0.29) is 12.5 Å². The van der Waals surface area contributed by atoms with Crippen molar-refractivity contribution in [2.45, 2.75) is 20.5 Å². The maximum atomic E-state index is 8.85. The SMILES string of the molecule is CCOc1ccc(-c2nnc(CO)o2)cc1C. The quantitative estimate of drug-likeness (QED) is 0.875. The first kappa shape index (κ1) is 11.6. The van der Waals surface area contributed by atoms with E-state index < -0.39 is 0 Å². The molecule has 90 valence electrons. The number of ether oxygens (including phenoxy) is 1. The van der Waals surface area contributed by atoms with Gasteiger partial charge in [-0.25, -0.2) is 0 Å². The Morgan fingerprint density at radius 1 is 1.35 bits per heavy atom. The molecule has 17 heavy (non-hydrogen) atoms. The van der Waals surface area contributed by atoms with Crippen molar-refractivity contribution < 1.29 is 14.3 Å². The summed E-state index contributed by atoms with van der Waals surface area (Å²) >= 11 is 0. The fraction of sp³-hybridized carbons (Fsp3) is 0.333. The largest absolute Gasteiger partial charge is 0.494 e. The lowest BCUT2D eigenvalue weighted by atomic mass is 10.1. The van der Waals surface area contributed by atoms with E-state index in [1.807, 2.05) is 32.0 Å². The summed E-state index contributed by atoms with van der Waals surface area (Å²) in [4.78, 5) is 0. The lowest BCUT2D eigenvalue weighted by Crippen LogP contribution is -1.94. The minimum absolute atomic E-state index is 0.214. The van der Waals surface area contributed by atoms with Gasteiger partial charge in [0.1, 0.15) is 12.4 Å². The molecule has 0 unspecified atom stereocenters. The van der Waals surface area contributed by atoms with E-state index in [9.17, 15) is 0 Å². The number of benzene rings is 1. The van der Waals surface area contributed by atoms with E-state index in [0.29, 0.717) is 12.5 Å². The number of aryl methyl sites for hydroxylation is 1. The molecule has 0 aliphatic carbocycles. The van der Waals surface area contributed by atoms with E-state index in [0.717, 1.165) is 16.9 Å². The van der Waals surface area contributed by atoms with Crippen LogP contribution in [0.1, 0.15) is 18.4 Å². The van der Waals surface area contributed by atoms with Crippen LogP contribution in [0.3, 0.4) is 0 Å². The van der Waals surface area contributed by atoms with Gasteiger partial charge in [0.05, 0.1) is 6.61 Å². The molecule has 1 N–H and O–H groups in total. The third-order valence-electron chi connectivity index (χ3n) is 2.32. The second-order valence-corrected chi connectivity index (χ2v) is 3.57. The van der Waals surface area contributed by atoms with Crippen molar-refractivity contribution in [1.29, 1.82) is 0 Å². The molecule has 0 spiro atoms. The second-order valence-electron chi connectivity index (χ2n) is 3.57. The van der Waals surface area contributed by atoms with Gasteiger partial charge in [-0.2, -0.15) is 0 Å². The molecule has 1 aromatic carbocycles. The molecule has 5 heteroatoms. The van der Waals surface area contributed by atoms with Crippen molar-refractivity contribution in [1.82, 2.24) is 10.2 Å². The van der Waals surface area contributed by atoms with Crippen LogP contribution in [0.15, 0.2) is 22.6 Å². The third-order valence-corrected chi connectivity index (χ3v) is 2.32. The maximum absolute atomic E-state index is 8.85. The maximum Gasteiger partial charge on any atom is 0.247 e. The Morgan fingerprint density at radius 3 is 2.76 bits per heavy atom. The molecule has 0 aliphatic rings. The highest BCUT2D eigenvalue weighted by molar-refractivity contribution is 5.56. The zero-order valence-electron chi connectivity index (χ0n) is 9.80. The number of aromatic nitrogens is 2. The Kier molecular flexibility index (Phi) is 3.39. The van der Waals surface area contributed by atoms with Crippen LogP contribution in [-0.4, -0.2) is 21.9 Å². The number of hydrogen-bond acceptors (Lipinski definition) is 5. The van der Waals surface area contributed by atoms with Gasteiger partial charge in [0.15, 0.2) is 0 Å². The van der Waals surface area contributed by atoms with Crippen LogP contribution in [0.5, 0.6) is 5.75 Å². The molecule has 0 saturated carbocycles. The number of aliphatic hydroxyl groups excluding tert-OH is 1. The predicted octanol–water partition coefficient (Wildman–Crippen LogP) is 1.94. The summed E-state index contributed by atoms with van der Waals surface area (Å²) in [5.74, 6) is 1.46. The average Bonchev–Trinajstić information content (AvgIpc) is 2.80. The Labute approximate surface area is 99.1 Å². The Bertz CT molecular complexity index is 508. The first-order valence-electron chi connectivity index (χ1n) is 5.41. The molecule has 0 bridgehead atoms. The lowest BCUT2D eigenvalue weighted by molar-refractivity contribution is 0.241. The molecular formula is C12H14N2O3. The van der Waals surface area contributed by atoms with Crippen LogP contribution in [0.25, 0.3) is 11.5 Å². The van der Waals surface area contributed by atoms with Gasteiger partial charge in [-0.05, 0) is 37.6 Å². The van der Waals surface area contributed by atoms with Gasteiger partial charge >= 0.3 is 0 Å². The fourth-order valence-corrected chi connectivity index (χ4v) is 1.53. The van der Waals surface area contributed by atoms with Gasteiger partial charge in [0.2, 0.25) is 11.8 Å². The highest BCUT2D eigenvalue weighted by atomic mass is 16.5. The van der Waals surface area contributed by atoms with E-state index in [2.05, 4.69) is 10.2 Å². The Balaban J connectivity index is 2.30. The molecule has 1 aromatic heterocycles. The molecule has 0 fully saturated rings. The monoisotopic (exact) mass is 234 g/mol. The van der Waals surface area contributed by atoms with Crippen LogP contribution in [-0.2, 0) is 6.61 Å². The molecule has 1 heterocycles. The highest BCUT2D eigenvalue weighted by Crippen LogP contribution is 2.25. The first-order chi connectivity index (χ1) is 8.24. The molecule has 0 amide bonds. The standard InChI is InChI=1S/C12H14N2O3/c1-3-16-10-5-4-9(6-8(10)2)12-14-13-11(7-15)17-12/h4-6,15H,3,7H2,1-2H3. The topological polar surface area (TPSA) is 68.4 Å². The van der Waals surface area contributed by atoms with E-state index in [4.69, 9.17) is 14.3 Å². The molecule has 0 radical (unpaired) electrons. The van der Waals surface area contributed by atoms with Gasteiger partial charge < -0.3 is 14.3 Å². The number of nitrogens with zero attached hydrogens (tertiary/aromatic N) is 2. The second kappa shape index (κ2) is 4.97. The minimum atomic E-state index is -0.247. The molecular weight excluding hydrogens is 220 g/mol. The predicted molar refractivity (Wildman–Crippen MR) is 61.6 cm³/mol. The zero-order chi connectivity index (χ0) is 12.3. The van der Waals surface area contributed by atoms with Crippen molar-refractivity contribution in [2.75, 3.05) is 6.61 Å². The molecule has 2 rings (SSSR count). The summed E-state index contributed by atoms with van der Waals surface area (Å²) in [5.41, 5.74) is 1.83. The molecule has 0 aliphatic heterocycles. The number of aliphatic hydroxyl groups is 1. The summed E-state index contributed by atoms with van der Waals surface area (Å²) in [6.45, 7) is 4.29. The summed E-state index contributed by atoms with van der Waals surface area (Å²) in [5, 5.41) is 16.4. The average molecular weight is 234 g/mol. The smallest absolute Gasteiger partial charge is 0.247 e. The molecule has 2 aromatic rings. The van der Waals surface area contributed by atoms with Crippen molar-refractivity contribution in [2.24, 2.45) is 0 Å². The van der Waals surface area contributed by atoms with Crippen molar-refractivity contribution in [3.05, 3.63) is 29.7 Å². The Hall–Kier alpha value is -1.88. The van der Waals surface area contributed by atoms with Gasteiger partial charge in [0, 0.05) is 5.56 Å². The van der Waals surface area contributed by atoms with E-state index >= 15 is 0 Å². The van der Waals surface area contributed by atoms with Crippen LogP contribution in [0.4, 0.5) is 0 Å². The molecule has 0 saturated heterocycles. The molecule has 5 nitrogen and oxygen atoms in total. The van der Waals surface area contributed by atoms with Crippen molar-refractivity contribution in [3.63, 3.8) is 0 Å². The first-order valence-corrected chi connectivity index (χ1v) is 5.41. The van der Waals surface area contributed by atoms with Crippen molar-refractivity contribution >= 4 is 0 Å². The van der Waals surface area contributed by atoms with E-state index in [1.54, 1.807) is 0 Å². The van der Waals surface area contributed by atoms with Gasteiger partial charge in [0.25, 0.3) is 0 Å². The number of rotatable bonds is 4. The normalized spacial score (nSPS) is 10.5. The van der Waals surface area contributed by atoms with Crippen LogP contribution >= 0.6 is 0 Å². The van der Waals surface area contributed by atoms with Gasteiger partial charge in [-0.15, -0.1) is 10.2 Å². The van der Waals surface area contributed by atoms with Gasteiger partial charge in [-0.1, -0.05) is 0 Å². The van der Waals surface area contributed by atoms with Crippen LogP contribution < -0.4 is 4.74 Å². The lowest BCUT2D eigenvalue weighted by Gasteiger charge is -2.07. The third kappa shape index (κ3) is 2.45. The summed E-state index contributed by atoms with van der Waals surface area (Å²) in [6.07, 6.45) is 0. The van der Waals surface area contributed by atoms with E-state index in [1.165, 1.54) is 0 Å². The summed E-state index contributed by atoms with van der Waals surface area (Å²) in [7, 11) is 0. The van der Waals surface area contributed by atoms with Gasteiger partial charge in [-0.3, -0.25) is 0 Å². The van der Waals surface area contributed by atoms with Crippen LogP contribution in [0.2, 0.25) is 0 Å². The van der Waals surface area contributed by atoms with Crippen LogP contribution in [0, 0.1) is 6.92 Å². The molecule has 0 atom stereocenters. The highest BCUT2D eigenvalue weighted by Gasteiger charge is 2.09. The Morgan fingerprint density at radius 2 is 2.18 bits per heavy atom. The minimum Gasteiger partial charge on any atom is -0.494 e. The van der Waals surface area contributed by atoms with Crippen molar-refractivity contribution in [3.8, 4) is 17.2 Å². The number of hydrogen-bond donors (Lipinski definition) is 1. The zero-order valence-corrected chi connectivity index (χ0v) is 9.80. The fourth-order valence-electron chi connectivity index (χ4n) is 1.53.